The molecule has 1 saturated carbocycles. The van der Waals surface area contributed by atoms with Gasteiger partial charge < -0.3 is 19.5 Å². The van der Waals surface area contributed by atoms with Crippen LogP contribution < -0.4 is 14.8 Å². The van der Waals surface area contributed by atoms with E-state index in [0.29, 0.717) is 21.4 Å². The number of halogens is 2. The van der Waals surface area contributed by atoms with Crippen molar-refractivity contribution in [2.45, 2.75) is 51.0 Å². The molecule has 1 aliphatic carbocycles. The number of rotatable bonds is 10. The minimum absolute atomic E-state index is 0.0649. The smallest absolute Gasteiger partial charge is 0.315 e. The van der Waals surface area contributed by atoms with Crippen LogP contribution in [0.5, 0.6) is 11.5 Å². The van der Waals surface area contributed by atoms with Crippen molar-refractivity contribution >= 4 is 46.5 Å². The molecule has 3 rings (SSSR count). The maximum atomic E-state index is 13.3. The first-order chi connectivity index (χ1) is 16.3. The van der Waals surface area contributed by atoms with Gasteiger partial charge in [-0.25, -0.2) is 0 Å². The molecule has 1 N–H and O–H groups in total. The number of aromatic nitrogens is 1. The molecule has 34 heavy (non-hydrogen) atoms. The Morgan fingerprint density at radius 2 is 1.76 bits per heavy atom. The lowest BCUT2D eigenvalue weighted by molar-refractivity contribution is -0.142. The number of hydrogen-bond donors (Lipinski definition) is 1. The predicted octanol–water partition coefficient (Wildman–Crippen LogP) is 5.04. The van der Waals surface area contributed by atoms with Crippen LogP contribution >= 0.6 is 23.2 Å². The first kappa shape index (κ1) is 25.8. The second kappa shape index (κ2) is 12.0. The number of nitrogens with one attached hydrogen (secondary N) is 1. The van der Waals surface area contributed by atoms with Gasteiger partial charge in [0.2, 0.25) is 5.91 Å². The molecule has 0 atom stereocenters. The highest BCUT2D eigenvalue weighted by molar-refractivity contribution is 6.35. The fourth-order valence-electron chi connectivity index (χ4n) is 3.81. The molecule has 1 aromatic heterocycles. The zero-order chi connectivity index (χ0) is 24.7. The highest BCUT2D eigenvalue weighted by atomic mass is 35.5. The number of nitrogens with zero attached hydrogens (tertiary/aromatic N) is 1. The van der Waals surface area contributed by atoms with Crippen LogP contribution in [-0.2, 0) is 20.7 Å². The number of ketones is 1. The van der Waals surface area contributed by atoms with Crippen LogP contribution in [0, 0.1) is 0 Å². The van der Waals surface area contributed by atoms with Gasteiger partial charge in [-0.15, -0.1) is 0 Å². The molecular weight excluding hydrogens is 483 g/mol. The number of carbonyl (C=O) groups is 3. The zero-order valence-electron chi connectivity index (χ0n) is 19.0. The number of benzene rings is 1. The summed E-state index contributed by atoms with van der Waals surface area (Å²) in [5.41, 5.74) is 1.00. The van der Waals surface area contributed by atoms with Crippen LogP contribution in [0.4, 0.5) is 5.69 Å². The summed E-state index contributed by atoms with van der Waals surface area (Å²) in [7, 11) is 2.67. The van der Waals surface area contributed by atoms with Crippen molar-refractivity contribution < 1.29 is 28.6 Å². The first-order valence-corrected chi connectivity index (χ1v) is 11.6. The van der Waals surface area contributed by atoms with Crippen molar-refractivity contribution in [3.05, 3.63) is 45.7 Å². The van der Waals surface area contributed by atoms with Gasteiger partial charge in [0, 0.05) is 24.4 Å². The van der Waals surface area contributed by atoms with E-state index in [9.17, 15) is 14.4 Å². The van der Waals surface area contributed by atoms with Crippen molar-refractivity contribution in [2.24, 2.45) is 0 Å². The Morgan fingerprint density at radius 1 is 1.09 bits per heavy atom. The van der Waals surface area contributed by atoms with E-state index < -0.39 is 18.3 Å². The van der Waals surface area contributed by atoms with E-state index in [1.165, 1.54) is 26.6 Å². The van der Waals surface area contributed by atoms with Crippen molar-refractivity contribution in [1.82, 2.24) is 4.98 Å². The number of esters is 1. The molecule has 1 heterocycles. The van der Waals surface area contributed by atoms with E-state index in [4.69, 9.17) is 32.7 Å². The molecule has 182 valence electrons. The van der Waals surface area contributed by atoms with Crippen LogP contribution in [0.15, 0.2) is 24.5 Å². The molecule has 0 unspecified atom stereocenters. The fraction of sp³-hybridized carbons (Fsp3) is 0.417. The highest BCUT2D eigenvalue weighted by Crippen LogP contribution is 2.41. The minimum atomic E-state index is -0.700. The topological polar surface area (TPSA) is 104 Å². The van der Waals surface area contributed by atoms with Crippen LogP contribution in [0.25, 0.3) is 0 Å². The quantitative estimate of drug-likeness (QED) is 0.272. The van der Waals surface area contributed by atoms with E-state index in [0.717, 1.165) is 25.7 Å². The molecular formula is C24H26Cl2N2O6. The first-order valence-electron chi connectivity index (χ1n) is 10.9. The molecule has 1 aliphatic rings. The Hall–Kier alpha value is -2.84. The highest BCUT2D eigenvalue weighted by Gasteiger charge is 2.26. The largest absolute Gasteiger partial charge is 0.493 e. The number of ether oxygens (including phenoxy) is 3. The number of anilines is 1. The second-order valence-electron chi connectivity index (χ2n) is 7.85. The molecule has 1 aromatic carbocycles. The molecule has 2 aromatic rings. The molecule has 10 heteroatoms. The van der Waals surface area contributed by atoms with Crippen molar-refractivity contribution in [3.63, 3.8) is 0 Å². The number of hydrogen-bond acceptors (Lipinski definition) is 7. The molecule has 0 aliphatic heterocycles. The number of pyridine rings is 1. The summed E-state index contributed by atoms with van der Waals surface area (Å²) in [5, 5.41) is 3.40. The van der Waals surface area contributed by atoms with E-state index in [2.05, 4.69) is 15.0 Å². The van der Waals surface area contributed by atoms with Gasteiger partial charge in [-0.2, -0.15) is 0 Å². The Morgan fingerprint density at radius 3 is 2.38 bits per heavy atom. The summed E-state index contributed by atoms with van der Waals surface area (Å²) in [4.78, 5) is 41.3. The lowest BCUT2D eigenvalue weighted by atomic mass is 10.0. The number of methoxy groups -OCH3 is 2. The van der Waals surface area contributed by atoms with Gasteiger partial charge in [-0.05, 0) is 49.8 Å². The normalized spacial score (nSPS) is 13.4. The van der Waals surface area contributed by atoms with E-state index in [1.807, 2.05) is 0 Å². The number of amides is 1. The number of Topliss-reactive ketones (excluding diaryl/α,β-unsaturated/α-hetero) is 1. The summed E-state index contributed by atoms with van der Waals surface area (Å²) < 4.78 is 16.2. The summed E-state index contributed by atoms with van der Waals surface area (Å²) in [6.45, 7) is 0. The standard InChI is InChI=1S/C24H26Cl2N2O6/c1-32-20-10-8-16(19(29)9-7-15-17(25)12-27-13-18(15)26)23(28-21(30)11-22(31)33-2)24(20)34-14-5-3-4-6-14/h8,10,12-14H,3-7,9,11H2,1-2H3,(H,28,30). The monoisotopic (exact) mass is 508 g/mol. The van der Waals surface area contributed by atoms with Gasteiger partial charge in [0.15, 0.2) is 17.3 Å². The Labute approximate surface area is 207 Å². The van der Waals surface area contributed by atoms with Crippen molar-refractivity contribution in [3.8, 4) is 11.5 Å². The maximum absolute atomic E-state index is 13.3. The second-order valence-corrected chi connectivity index (χ2v) is 8.66. The fourth-order valence-corrected chi connectivity index (χ4v) is 4.36. The summed E-state index contributed by atoms with van der Waals surface area (Å²) in [6.07, 6.45) is 6.48. The predicted molar refractivity (Wildman–Crippen MR) is 128 cm³/mol. The van der Waals surface area contributed by atoms with Crippen molar-refractivity contribution in [1.29, 1.82) is 0 Å². The van der Waals surface area contributed by atoms with Gasteiger partial charge in [0.05, 0.1) is 36.1 Å². The van der Waals surface area contributed by atoms with Gasteiger partial charge in [-0.3, -0.25) is 19.4 Å². The molecule has 8 nitrogen and oxygen atoms in total. The average molecular weight is 509 g/mol. The molecule has 1 fully saturated rings. The Bertz CT molecular complexity index is 1050. The van der Waals surface area contributed by atoms with Gasteiger partial charge in [-0.1, -0.05) is 23.2 Å². The lowest BCUT2D eigenvalue weighted by Gasteiger charge is -2.21. The molecule has 0 radical (unpaired) electrons. The van der Waals surface area contributed by atoms with Gasteiger partial charge in [0.1, 0.15) is 6.42 Å². The molecule has 1 amide bonds. The average Bonchev–Trinajstić information content (AvgIpc) is 3.32. The third-order valence-electron chi connectivity index (χ3n) is 5.58. The van der Waals surface area contributed by atoms with Crippen molar-refractivity contribution in [2.75, 3.05) is 19.5 Å². The summed E-state index contributed by atoms with van der Waals surface area (Å²) in [5.74, 6) is -0.967. The van der Waals surface area contributed by atoms with E-state index >= 15 is 0 Å². The third kappa shape index (κ3) is 6.39. The maximum Gasteiger partial charge on any atom is 0.315 e. The SMILES string of the molecule is COC(=O)CC(=O)Nc1c(C(=O)CCc2c(Cl)cncc2Cl)ccc(OC)c1OC1CCCC1. The molecule has 0 saturated heterocycles. The van der Waals surface area contributed by atoms with Gasteiger partial charge >= 0.3 is 5.97 Å². The molecule has 0 spiro atoms. The summed E-state index contributed by atoms with van der Waals surface area (Å²) >= 11 is 12.4. The third-order valence-corrected chi connectivity index (χ3v) is 6.23. The minimum Gasteiger partial charge on any atom is -0.493 e. The van der Waals surface area contributed by atoms with E-state index in [-0.39, 0.29) is 41.7 Å². The van der Waals surface area contributed by atoms with Crippen LogP contribution in [0.1, 0.15) is 54.4 Å². The Kier molecular flexibility index (Phi) is 9.12. The van der Waals surface area contributed by atoms with Crippen LogP contribution in [-0.4, -0.2) is 43.0 Å². The van der Waals surface area contributed by atoms with Crippen LogP contribution in [0.3, 0.4) is 0 Å². The lowest BCUT2D eigenvalue weighted by Crippen LogP contribution is -2.21. The van der Waals surface area contributed by atoms with Gasteiger partial charge in [0.25, 0.3) is 0 Å². The number of carbonyl (C=O) groups excluding carboxylic acids is 3. The zero-order valence-corrected chi connectivity index (χ0v) is 20.5. The Balaban J connectivity index is 1.94. The molecule has 0 bridgehead atoms. The summed E-state index contributed by atoms with van der Waals surface area (Å²) in [6, 6.07) is 3.19. The van der Waals surface area contributed by atoms with E-state index in [1.54, 1.807) is 12.1 Å². The van der Waals surface area contributed by atoms with Crippen LogP contribution in [0.2, 0.25) is 10.0 Å².